The van der Waals surface area contributed by atoms with Gasteiger partial charge in [-0.2, -0.15) is 5.10 Å². The first-order valence-corrected chi connectivity index (χ1v) is 10.3. The van der Waals surface area contributed by atoms with Crippen molar-refractivity contribution in [2.75, 3.05) is 26.8 Å². The number of ether oxygens (including phenoxy) is 2. The van der Waals surface area contributed by atoms with Crippen LogP contribution in [0.25, 0.3) is 0 Å². The first-order valence-electron chi connectivity index (χ1n) is 10.3. The van der Waals surface area contributed by atoms with Crippen LogP contribution in [-0.4, -0.2) is 47.4 Å². The molecule has 7 nitrogen and oxygen atoms in total. The van der Waals surface area contributed by atoms with E-state index < -0.39 is 0 Å². The van der Waals surface area contributed by atoms with Crippen molar-refractivity contribution in [3.8, 4) is 11.5 Å². The molecule has 1 amide bonds. The van der Waals surface area contributed by atoms with E-state index in [4.69, 9.17) is 9.47 Å². The van der Waals surface area contributed by atoms with Crippen LogP contribution in [-0.2, 0) is 6.54 Å². The fourth-order valence-electron chi connectivity index (χ4n) is 3.74. The summed E-state index contributed by atoms with van der Waals surface area (Å²) in [5.74, 6) is 1.66. The van der Waals surface area contributed by atoms with Crippen molar-refractivity contribution in [1.29, 1.82) is 0 Å². The normalized spacial score (nSPS) is 15.6. The molecule has 0 aliphatic carbocycles. The molecule has 1 aliphatic heterocycles. The van der Waals surface area contributed by atoms with E-state index in [2.05, 4.69) is 5.10 Å². The molecule has 0 saturated carbocycles. The van der Waals surface area contributed by atoms with Gasteiger partial charge in [0.25, 0.3) is 11.5 Å². The Hall–Kier alpha value is -3.61. The molecular formula is C24H25N3O4. The number of para-hydroxylation sites is 1. The predicted molar refractivity (Wildman–Crippen MR) is 117 cm³/mol. The van der Waals surface area contributed by atoms with Crippen molar-refractivity contribution in [2.24, 2.45) is 0 Å². The van der Waals surface area contributed by atoms with Gasteiger partial charge in [-0.1, -0.05) is 30.3 Å². The summed E-state index contributed by atoms with van der Waals surface area (Å²) >= 11 is 0. The van der Waals surface area contributed by atoms with Gasteiger partial charge >= 0.3 is 0 Å². The zero-order valence-corrected chi connectivity index (χ0v) is 17.4. The number of carbonyl (C=O) groups is 1. The van der Waals surface area contributed by atoms with E-state index in [1.54, 1.807) is 12.0 Å². The number of carbonyl (C=O) groups excluding carboxylic acids is 1. The van der Waals surface area contributed by atoms with Crippen molar-refractivity contribution in [1.82, 2.24) is 14.7 Å². The van der Waals surface area contributed by atoms with E-state index >= 15 is 0 Å². The standard InChI is InChI=1S/C24H25N3O4/c1-30-20-9-7-18(8-10-20)19-13-14-26(17-19)24(29)22-11-12-23(28)27(25-22)15-16-31-21-5-3-2-4-6-21/h2-12,19H,13-17H2,1H3. The molecule has 0 N–H and O–H groups in total. The Kier molecular flexibility index (Phi) is 6.31. The monoisotopic (exact) mass is 419 g/mol. The summed E-state index contributed by atoms with van der Waals surface area (Å²) in [4.78, 5) is 26.9. The molecule has 2 heterocycles. The molecule has 1 unspecified atom stereocenters. The van der Waals surface area contributed by atoms with Crippen LogP contribution in [0.5, 0.6) is 11.5 Å². The maximum absolute atomic E-state index is 13.0. The van der Waals surface area contributed by atoms with Crippen LogP contribution in [0.4, 0.5) is 0 Å². The van der Waals surface area contributed by atoms with E-state index in [-0.39, 0.29) is 36.2 Å². The van der Waals surface area contributed by atoms with Crippen LogP contribution < -0.4 is 15.0 Å². The smallest absolute Gasteiger partial charge is 0.274 e. The lowest BCUT2D eigenvalue weighted by Gasteiger charge is -2.17. The lowest BCUT2D eigenvalue weighted by atomic mass is 9.98. The number of rotatable bonds is 7. The van der Waals surface area contributed by atoms with E-state index in [1.165, 1.54) is 22.4 Å². The molecule has 4 rings (SSSR count). The molecule has 0 radical (unpaired) electrons. The summed E-state index contributed by atoms with van der Waals surface area (Å²) in [6.45, 7) is 1.84. The lowest BCUT2D eigenvalue weighted by Crippen LogP contribution is -2.33. The molecule has 1 aromatic heterocycles. The molecule has 1 aliphatic rings. The Labute approximate surface area is 180 Å². The quantitative estimate of drug-likeness (QED) is 0.589. The second-order valence-corrected chi connectivity index (χ2v) is 7.45. The van der Waals surface area contributed by atoms with E-state index in [0.717, 1.165) is 17.9 Å². The third-order valence-corrected chi connectivity index (χ3v) is 5.46. The summed E-state index contributed by atoms with van der Waals surface area (Å²) in [6, 6.07) is 20.2. The molecule has 160 valence electrons. The fraction of sp³-hybridized carbons (Fsp3) is 0.292. The van der Waals surface area contributed by atoms with Gasteiger partial charge in [-0.15, -0.1) is 0 Å². The number of benzene rings is 2. The zero-order chi connectivity index (χ0) is 21.6. The van der Waals surface area contributed by atoms with E-state index in [9.17, 15) is 9.59 Å². The Morgan fingerprint density at radius 2 is 1.81 bits per heavy atom. The van der Waals surface area contributed by atoms with Crippen LogP contribution in [0.1, 0.15) is 28.4 Å². The van der Waals surface area contributed by atoms with Gasteiger partial charge in [0.15, 0.2) is 0 Å². The van der Waals surface area contributed by atoms with Crippen LogP contribution in [0.15, 0.2) is 71.5 Å². The minimum atomic E-state index is -0.259. The number of methoxy groups -OCH3 is 1. The van der Waals surface area contributed by atoms with Gasteiger partial charge in [0.2, 0.25) is 0 Å². The molecule has 3 aromatic rings. The third-order valence-electron chi connectivity index (χ3n) is 5.46. The van der Waals surface area contributed by atoms with Gasteiger partial charge in [-0.05, 0) is 42.3 Å². The molecule has 31 heavy (non-hydrogen) atoms. The van der Waals surface area contributed by atoms with Gasteiger partial charge in [0, 0.05) is 25.1 Å². The molecule has 0 spiro atoms. The largest absolute Gasteiger partial charge is 0.497 e. The van der Waals surface area contributed by atoms with E-state index in [1.807, 2.05) is 54.6 Å². The number of hydrogen-bond acceptors (Lipinski definition) is 5. The van der Waals surface area contributed by atoms with E-state index in [0.29, 0.717) is 13.1 Å². The van der Waals surface area contributed by atoms with Gasteiger partial charge in [-0.25, -0.2) is 4.68 Å². The molecule has 2 aromatic carbocycles. The number of hydrogen-bond donors (Lipinski definition) is 0. The van der Waals surface area contributed by atoms with Crippen molar-refractivity contribution in [3.05, 3.63) is 88.3 Å². The maximum atomic E-state index is 13.0. The van der Waals surface area contributed by atoms with Gasteiger partial charge in [0.05, 0.1) is 13.7 Å². The third kappa shape index (κ3) is 4.94. The minimum absolute atomic E-state index is 0.159. The average Bonchev–Trinajstić information content (AvgIpc) is 3.31. The summed E-state index contributed by atoms with van der Waals surface area (Å²) in [6.07, 6.45) is 0.891. The van der Waals surface area contributed by atoms with Crippen molar-refractivity contribution in [3.63, 3.8) is 0 Å². The average molecular weight is 419 g/mol. The molecule has 0 bridgehead atoms. The first kappa shape index (κ1) is 20.7. The highest BCUT2D eigenvalue weighted by atomic mass is 16.5. The highest BCUT2D eigenvalue weighted by Gasteiger charge is 2.29. The Balaban J connectivity index is 1.39. The summed E-state index contributed by atoms with van der Waals surface area (Å²) in [5.41, 5.74) is 1.20. The second-order valence-electron chi connectivity index (χ2n) is 7.45. The molecular weight excluding hydrogens is 394 g/mol. The van der Waals surface area contributed by atoms with Crippen LogP contribution in [0, 0.1) is 0 Å². The Bertz CT molecular complexity index is 1080. The summed E-state index contributed by atoms with van der Waals surface area (Å²) in [5, 5.41) is 4.28. The first-order chi connectivity index (χ1) is 15.1. The maximum Gasteiger partial charge on any atom is 0.274 e. The number of aromatic nitrogens is 2. The molecule has 1 fully saturated rings. The Morgan fingerprint density at radius 1 is 1.03 bits per heavy atom. The number of nitrogens with zero attached hydrogens (tertiary/aromatic N) is 3. The highest BCUT2D eigenvalue weighted by Crippen LogP contribution is 2.29. The Morgan fingerprint density at radius 3 is 2.55 bits per heavy atom. The number of amides is 1. The van der Waals surface area contributed by atoms with Crippen LogP contribution >= 0.6 is 0 Å². The van der Waals surface area contributed by atoms with Gasteiger partial charge in [-0.3, -0.25) is 9.59 Å². The predicted octanol–water partition coefficient (Wildman–Crippen LogP) is 2.96. The minimum Gasteiger partial charge on any atom is -0.497 e. The van der Waals surface area contributed by atoms with Crippen LogP contribution in [0.2, 0.25) is 0 Å². The van der Waals surface area contributed by atoms with Crippen molar-refractivity contribution < 1.29 is 14.3 Å². The molecule has 7 heteroatoms. The zero-order valence-electron chi connectivity index (χ0n) is 17.4. The second kappa shape index (κ2) is 9.47. The molecule has 1 saturated heterocycles. The van der Waals surface area contributed by atoms with Gasteiger partial charge < -0.3 is 14.4 Å². The van der Waals surface area contributed by atoms with Crippen LogP contribution in [0.3, 0.4) is 0 Å². The van der Waals surface area contributed by atoms with Gasteiger partial charge in [0.1, 0.15) is 23.8 Å². The number of likely N-dealkylation sites (tertiary alicyclic amines) is 1. The summed E-state index contributed by atoms with van der Waals surface area (Å²) < 4.78 is 12.1. The summed E-state index contributed by atoms with van der Waals surface area (Å²) in [7, 11) is 1.64. The highest BCUT2D eigenvalue weighted by molar-refractivity contribution is 5.92. The molecule has 1 atom stereocenters. The van der Waals surface area contributed by atoms with Crippen molar-refractivity contribution in [2.45, 2.75) is 18.9 Å². The topological polar surface area (TPSA) is 73.7 Å². The fourth-order valence-corrected chi connectivity index (χ4v) is 3.74. The lowest BCUT2D eigenvalue weighted by molar-refractivity contribution is 0.0781. The van der Waals surface area contributed by atoms with Crippen molar-refractivity contribution >= 4 is 5.91 Å². The SMILES string of the molecule is COc1ccc(C2CCN(C(=O)c3ccc(=O)n(CCOc4ccccc4)n3)C2)cc1.